The van der Waals surface area contributed by atoms with E-state index < -0.39 is 6.10 Å². The first kappa shape index (κ1) is 22.6. The van der Waals surface area contributed by atoms with Crippen LogP contribution in [0.1, 0.15) is 62.8 Å². The number of urea groups is 1. The number of carbonyl (C=O) groups excluding carboxylic acids is 2. The second-order valence-corrected chi connectivity index (χ2v) is 8.38. The van der Waals surface area contributed by atoms with Gasteiger partial charge in [-0.1, -0.05) is 24.4 Å². The summed E-state index contributed by atoms with van der Waals surface area (Å²) in [5.74, 6) is 0.845. The van der Waals surface area contributed by atoms with Gasteiger partial charge < -0.3 is 30.3 Å². The molecule has 0 unspecified atom stereocenters. The average Bonchev–Trinajstić information content (AvgIpc) is 3.07. The lowest BCUT2D eigenvalue weighted by molar-refractivity contribution is -0.126. The number of aryl methyl sites for hydroxylation is 2. The first-order valence-corrected chi connectivity index (χ1v) is 11.0. The highest BCUT2D eigenvalue weighted by molar-refractivity contribution is 5.90. The van der Waals surface area contributed by atoms with E-state index in [2.05, 4.69) is 21.1 Å². The molecule has 0 bridgehead atoms. The Balaban J connectivity index is 1.40. The fraction of sp³-hybridized carbons (Fsp3) is 0.762. The summed E-state index contributed by atoms with van der Waals surface area (Å²) in [5.41, 5.74) is 1.16. The molecule has 9 heteroatoms. The van der Waals surface area contributed by atoms with Crippen LogP contribution in [0.3, 0.4) is 0 Å². The number of anilines is 1. The van der Waals surface area contributed by atoms with Gasteiger partial charge in [-0.3, -0.25) is 4.79 Å². The molecule has 3 atom stereocenters. The van der Waals surface area contributed by atoms with Crippen molar-refractivity contribution in [3.05, 3.63) is 11.5 Å². The zero-order valence-corrected chi connectivity index (χ0v) is 17.9. The van der Waals surface area contributed by atoms with Crippen molar-refractivity contribution in [3.8, 4) is 0 Å². The Morgan fingerprint density at radius 3 is 2.57 bits per heavy atom. The minimum atomic E-state index is -0.479. The number of ether oxygens (including phenoxy) is 1. The lowest BCUT2D eigenvalue weighted by Crippen LogP contribution is -2.52. The summed E-state index contributed by atoms with van der Waals surface area (Å²) in [7, 11) is 0. The highest BCUT2D eigenvalue weighted by Gasteiger charge is 2.32. The highest BCUT2D eigenvalue weighted by atomic mass is 16.5. The van der Waals surface area contributed by atoms with Crippen LogP contribution in [0, 0.1) is 19.8 Å². The summed E-state index contributed by atoms with van der Waals surface area (Å²) >= 11 is 0. The Morgan fingerprint density at radius 1 is 1.13 bits per heavy atom. The van der Waals surface area contributed by atoms with Crippen LogP contribution in [0.25, 0.3) is 0 Å². The maximum atomic E-state index is 12.3. The van der Waals surface area contributed by atoms with E-state index >= 15 is 0 Å². The molecule has 9 nitrogen and oxygen atoms in total. The molecule has 3 amide bonds. The van der Waals surface area contributed by atoms with Crippen molar-refractivity contribution in [3.63, 3.8) is 0 Å². The summed E-state index contributed by atoms with van der Waals surface area (Å²) in [6.07, 6.45) is 7.11. The molecular formula is C21H34N4O5. The number of hydrogen-bond donors (Lipinski definition) is 4. The Bertz CT molecular complexity index is 697. The van der Waals surface area contributed by atoms with Crippen molar-refractivity contribution >= 4 is 17.6 Å². The van der Waals surface area contributed by atoms with E-state index in [-0.39, 0.29) is 36.6 Å². The molecule has 168 valence electrons. The largest absolute Gasteiger partial charge is 0.394 e. The molecule has 1 saturated heterocycles. The van der Waals surface area contributed by atoms with Gasteiger partial charge in [0.1, 0.15) is 17.5 Å². The second-order valence-electron chi connectivity index (χ2n) is 8.38. The van der Waals surface area contributed by atoms with Gasteiger partial charge in [0, 0.05) is 12.5 Å². The normalized spacial score (nSPS) is 25.0. The fourth-order valence-corrected chi connectivity index (χ4v) is 4.35. The van der Waals surface area contributed by atoms with Gasteiger partial charge in [-0.15, -0.1) is 0 Å². The minimum Gasteiger partial charge on any atom is -0.394 e. The quantitative estimate of drug-likeness (QED) is 0.535. The van der Waals surface area contributed by atoms with Gasteiger partial charge in [0.15, 0.2) is 5.76 Å². The predicted octanol–water partition coefficient (Wildman–Crippen LogP) is 2.41. The van der Waals surface area contributed by atoms with Crippen molar-refractivity contribution in [1.29, 1.82) is 0 Å². The fourth-order valence-electron chi connectivity index (χ4n) is 4.35. The van der Waals surface area contributed by atoms with E-state index in [0.717, 1.165) is 32.1 Å². The third kappa shape index (κ3) is 5.95. The molecule has 1 aliphatic carbocycles. The number of rotatable bonds is 7. The van der Waals surface area contributed by atoms with Crippen LogP contribution in [0.15, 0.2) is 4.52 Å². The minimum absolute atomic E-state index is 0.0440. The van der Waals surface area contributed by atoms with Gasteiger partial charge in [-0.05, 0) is 46.0 Å². The van der Waals surface area contributed by atoms with Gasteiger partial charge in [-0.25, -0.2) is 4.79 Å². The summed E-state index contributed by atoms with van der Waals surface area (Å²) in [4.78, 5) is 24.6. The molecule has 1 aromatic rings. The van der Waals surface area contributed by atoms with Gasteiger partial charge in [0.05, 0.1) is 18.8 Å². The third-order valence-corrected chi connectivity index (χ3v) is 6.13. The molecule has 1 saturated carbocycles. The molecule has 2 heterocycles. The summed E-state index contributed by atoms with van der Waals surface area (Å²) in [5, 5.41) is 22.2. The lowest BCUT2D eigenvalue weighted by Gasteiger charge is -2.36. The van der Waals surface area contributed by atoms with Crippen LogP contribution in [-0.4, -0.2) is 53.6 Å². The first-order valence-electron chi connectivity index (χ1n) is 11.0. The maximum absolute atomic E-state index is 12.3. The molecule has 2 fully saturated rings. The summed E-state index contributed by atoms with van der Waals surface area (Å²) in [6.45, 7) is 3.88. The van der Waals surface area contributed by atoms with E-state index in [1.165, 1.54) is 6.42 Å². The van der Waals surface area contributed by atoms with Gasteiger partial charge in [-0.2, -0.15) is 0 Å². The van der Waals surface area contributed by atoms with Crippen LogP contribution in [0.5, 0.6) is 0 Å². The monoisotopic (exact) mass is 422 g/mol. The number of carbonyl (C=O) groups is 2. The molecule has 3 rings (SSSR count). The topological polar surface area (TPSA) is 126 Å². The average molecular weight is 423 g/mol. The molecule has 2 aliphatic rings. The molecular weight excluding hydrogens is 388 g/mol. The van der Waals surface area contributed by atoms with E-state index in [0.29, 0.717) is 36.5 Å². The van der Waals surface area contributed by atoms with Crippen molar-refractivity contribution in [2.75, 3.05) is 18.5 Å². The lowest BCUT2D eigenvalue weighted by atomic mass is 9.88. The van der Waals surface area contributed by atoms with E-state index in [4.69, 9.17) is 9.26 Å². The number of nitrogens with zero attached hydrogens (tertiary/aromatic N) is 1. The van der Waals surface area contributed by atoms with Crippen molar-refractivity contribution < 1.29 is 24.0 Å². The maximum Gasteiger partial charge on any atom is 0.319 e. The predicted molar refractivity (Wildman–Crippen MR) is 111 cm³/mol. The zero-order valence-electron chi connectivity index (χ0n) is 17.9. The van der Waals surface area contributed by atoms with E-state index in [1.807, 2.05) is 0 Å². The van der Waals surface area contributed by atoms with E-state index in [1.54, 1.807) is 13.8 Å². The number of amides is 3. The molecule has 1 aliphatic heterocycles. The van der Waals surface area contributed by atoms with Gasteiger partial charge in [0.25, 0.3) is 0 Å². The number of aliphatic hydroxyl groups is 1. The van der Waals surface area contributed by atoms with Gasteiger partial charge >= 0.3 is 6.03 Å². The Labute approximate surface area is 177 Å². The smallest absolute Gasteiger partial charge is 0.319 e. The first-order chi connectivity index (χ1) is 14.5. The van der Waals surface area contributed by atoms with Crippen LogP contribution in [0.2, 0.25) is 0 Å². The number of aliphatic hydroxyl groups excluding tert-OH is 1. The van der Waals surface area contributed by atoms with Gasteiger partial charge in [0.2, 0.25) is 5.91 Å². The van der Waals surface area contributed by atoms with Crippen molar-refractivity contribution in [2.24, 2.45) is 5.92 Å². The summed E-state index contributed by atoms with van der Waals surface area (Å²) < 4.78 is 11.0. The molecule has 4 N–H and O–H groups in total. The number of aromatic nitrogens is 1. The summed E-state index contributed by atoms with van der Waals surface area (Å²) in [6, 6.07) is -0.668. The molecule has 0 aromatic carbocycles. The number of hydrogen-bond acceptors (Lipinski definition) is 6. The van der Waals surface area contributed by atoms with Crippen LogP contribution < -0.4 is 16.0 Å². The van der Waals surface area contributed by atoms with Crippen LogP contribution in [0.4, 0.5) is 10.5 Å². The number of nitrogens with one attached hydrogen (secondary N) is 3. The molecule has 0 radical (unpaired) electrons. The van der Waals surface area contributed by atoms with Crippen LogP contribution >= 0.6 is 0 Å². The molecule has 0 spiro atoms. The SMILES string of the molecule is Cc1noc(C)c1NC(=O)N[C@H]1CC[C@H](CCNC(=O)C2CCCCC2)O[C@H]1CO. The molecule has 30 heavy (non-hydrogen) atoms. The van der Waals surface area contributed by atoms with Crippen molar-refractivity contribution in [2.45, 2.75) is 83.5 Å². The Hall–Kier alpha value is -2.13. The zero-order chi connectivity index (χ0) is 21.5. The Morgan fingerprint density at radius 2 is 1.90 bits per heavy atom. The molecule has 1 aromatic heterocycles. The standard InChI is InChI=1S/C21H34N4O5/c1-13-19(14(2)30-25-13)24-21(28)23-17-9-8-16(29-18(17)12-26)10-11-22-20(27)15-6-4-3-5-7-15/h15-18,26H,3-12H2,1-2H3,(H,22,27)(H2,23,24,28)/t16-,17+,18+/m1/s1. The van der Waals surface area contributed by atoms with Crippen LogP contribution in [-0.2, 0) is 9.53 Å². The highest BCUT2D eigenvalue weighted by Crippen LogP contribution is 2.25. The second kappa shape index (κ2) is 10.8. The van der Waals surface area contributed by atoms with Crippen molar-refractivity contribution in [1.82, 2.24) is 15.8 Å². The van der Waals surface area contributed by atoms with E-state index in [9.17, 15) is 14.7 Å². The third-order valence-electron chi connectivity index (χ3n) is 6.13. The Kier molecular flexibility index (Phi) is 8.09.